The monoisotopic (exact) mass is 289 g/mol. The maximum absolute atomic E-state index is 13.2. The average Bonchev–Trinajstić information content (AvgIpc) is 2.29. The van der Waals surface area contributed by atoms with Crippen LogP contribution in [0.1, 0.15) is 12.8 Å². The van der Waals surface area contributed by atoms with Gasteiger partial charge in [0.2, 0.25) is 11.8 Å². The third-order valence-electron chi connectivity index (χ3n) is 2.54. The molecule has 0 N–H and O–H groups in total. The smallest absolute Gasteiger partial charge is 0.232 e. The first kappa shape index (κ1) is 11.6. The summed E-state index contributed by atoms with van der Waals surface area (Å²) < 4.78 is 19.0. The first-order valence-electron chi connectivity index (χ1n) is 5.16. The molecule has 16 heavy (non-hydrogen) atoms. The Morgan fingerprint density at radius 1 is 1.62 bits per heavy atom. The van der Waals surface area contributed by atoms with E-state index < -0.39 is 6.17 Å². The van der Waals surface area contributed by atoms with Crippen LogP contribution < -0.4 is 9.64 Å². The number of halogens is 2. The molecular formula is C10H13BrFN3O. The van der Waals surface area contributed by atoms with Gasteiger partial charge in [0.15, 0.2) is 0 Å². The van der Waals surface area contributed by atoms with Crippen LogP contribution in [0, 0.1) is 0 Å². The van der Waals surface area contributed by atoms with Crippen molar-refractivity contribution in [2.45, 2.75) is 19.0 Å². The summed E-state index contributed by atoms with van der Waals surface area (Å²) >= 11 is 3.28. The van der Waals surface area contributed by atoms with Gasteiger partial charge in [-0.05, 0) is 28.8 Å². The summed E-state index contributed by atoms with van der Waals surface area (Å²) in [4.78, 5) is 10.2. The highest BCUT2D eigenvalue weighted by molar-refractivity contribution is 9.10. The maximum atomic E-state index is 13.2. The summed E-state index contributed by atoms with van der Waals surface area (Å²) in [7, 11) is 1.55. The Morgan fingerprint density at radius 3 is 3.12 bits per heavy atom. The van der Waals surface area contributed by atoms with E-state index in [1.807, 2.05) is 4.90 Å². The van der Waals surface area contributed by atoms with Crippen molar-refractivity contribution in [2.75, 3.05) is 25.1 Å². The van der Waals surface area contributed by atoms with Crippen molar-refractivity contribution in [1.82, 2.24) is 9.97 Å². The van der Waals surface area contributed by atoms with E-state index in [1.165, 1.54) is 0 Å². The largest absolute Gasteiger partial charge is 0.480 e. The maximum Gasteiger partial charge on any atom is 0.232 e. The molecule has 0 aromatic carbocycles. The lowest BCUT2D eigenvalue weighted by Gasteiger charge is -2.28. The summed E-state index contributed by atoms with van der Waals surface area (Å²) in [5, 5.41) is 0. The molecule has 88 valence electrons. The molecule has 4 nitrogen and oxygen atoms in total. The second kappa shape index (κ2) is 4.95. The number of rotatable bonds is 2. The quantitative estimate of drug-likeness (QED) is 0.837. The van der Waals surface area contributed by atoms with Crippen LogP contribution in [0.15, 0.2) is 10.7 Å². The average molecular weight is 290 g/mol. The molecule has 0 spiro atoms. The summed E-state index contributed by atoms with van der Waals surface area (Å²) in [6.45, 7) is 1.16. The van der Waals surface area contributed by atoms with E-state index in [0.29, 0.717) is 29.3 Å². The van der Waals surface area contributed by atoms with Crippen LogP contribution in [-0.2, 0) is 0 Å². The Kier molecular flexibility index (Phi) is 3.58. The molecule has 0 bridgehead atoms. The zero-order valence-corrected chi connectivity index (χ0v) is 10.6. The van der Waals surface area contributed by atoms with Crippen molar-refractivity contribution in [1.29, 1.82) is 0 Å². The first-order chi connectivity index (χ1) is 7.70. The minimum Gasteiger partial charge on any atom is -0.480 e. The van der Waals surface area contributed by atoms with Crippen molar-refractivity contribution in [3.05, 3.63) is 10.7 Å². The highest BCUT2D eigenvalue weighted by Crippen LogP contribution is 2.25. The van der Waals surface area contributed by atoms with Crippen LogP contribution in [0.2, 0.25) is 0 Å². The van der Waals surface area contributed by atoms with Crippen molar-refractivity contribution in [3.63, 3.8) is 0 Å². The number of ether oxygens (including phenoxy) is 1. The number of nitrogens with zero attached hydrogens (tertiary/aromatic N) is 3. The predicted molar refractivity (Wildman–Crippen MR) is 62.6 cm³/mol. The topological polar surface area (TPSA) is 38.2 Å². The highest BCUT2D eigenvalue weighted by atomic mass is 79.9. The normalized spacial score (nSPS) is 20.9. The molecule has 2 rings (SSSR count). The van der Waals surface area contributed by atoms with Crippen LogP contribution in [0.5, 0.6) is 5.88 Å². The number of hydrogen-bond donors (Lipinski definition) is 0. The van der Waals surface area contributed by atoms with Gasteiger partial charge >= 0.3 is 0 Å². The lowest BCUT2D eigenvalue weighted by molar-refractivity contribution is 0.284. The fourth-order valence-electron chi connectivity index (χ4n) is 1.75. The molecule has 0 amide bonds. The van der Waals surface area contributed by atoms with Crippen LogP contribution in [0.4, 0.5) is 10.3 Å². The van der Waals surface area contributed by atoms with Gasteiger partial charge in [0.1, 0.15) is 6.17 Å². The van der Waals surface area contributed by atoms with E-state index >= 15 is 0 Å². The minimum atomic E-state index is -0.785. The zero-order valence-electron chi connectivity index (χ0n) is 8.99. The molecule has 0 radical (unpaired) electrons. The summed E-state index contributed by atoms with van der Waals surface area (Å²) in [5.41, 5.74) is 0. The van der Waals surface area contributed by atoms with E-state index in [2.05, 4.69) is 25.9 Å². The van der Waals surface area contributed by atoms with E-state index in [-0.39, 0.29) is 0 Å². The third-order valence-corrected chi connectivity index (χ3v) is 3.08. The van der Waals surface area contributed by atoms with Crippen molar-refractivity contribution >= 4 is 21.9 Å². The molecule has 0 saturated carbocycles. The Bertz CT molecular complexity index is 377. The molecule has 1 aromatic heterocycles. The zero-order chi connectivity index (χ0) is 11.5. The van der Waals surface area contributed by atoms with Crippen molar-refractivity contribution < 1.29 is 9.13 Å². The predicted octanol–water partition coefficient (Wildman–Crippen LogP) is 2.19. The second-order valence-corrected chi connectivity index (χ2v) is 4.57. The van der Waals surface area contributed by atoms with E-state index in [9.17, 15) is 4.39 Å². The van der Waals surface area contributed by atoms with E-state index in [4.69, 9.17) is 4.74 Å². The van der Waals surface area contributed by atoms with Gasteiger partial charge in [0.25, 0.3) is 0 Å². The van der Waals surface area contributed by atoms with Gasteiger partial charge in [-0.3, -0.25) is 0 Å². The summed E-state index contributed by atoms with van der Waals surface area (Å²) in [5.74, 6) is 1.01. The molecule has 1 unspecified atom stereocenters. The lowest BCUT2D eigenvalue weighted by Crippen LogP contribution is -2.37. The number of methoxy groups -OCH3 is 1. The van der Waals surface area contributed by atoms with Crippen molar-refractivity contribution in [2.24, 2.45) is 0 Å². The molecule has 2 heterocycles. The van der Waals surface area contributed by atoms with Gasteiger partial charge in [-0.15, -0.1) is 0 Å². The fraction of sp³-hybridized carbons (Fsp3) is 0.600. The van der Waals surface area contributed by atoms with Crippen LogP contribution >= 0.6 is 15.9 Å². The van der Waals surface area contributed by atoms with Crippen molar-refractivity contribution in [3.8, 4) is 5.88 Å². The minimum absolute atomic E-state index is 0.366. The summed E-state index contributed by atoms with van der Waals surface area (Å²) in [6.07, 6.45) is 2.31. The third kappa shape index (κ3) is 2.42. The van der Waals surface area contributed by atoms with Gasteiger partial charge < -0.3 is 9.64 Å². The van der Waals surface area contributed by atoms with Gasteiger partial charge in [-0.1, -0.05) is 0 Å². The molecule has 1 aliphatic rings. The SMILES string of the molecule is COc1nc(N2CCCC(F)C2)ncc1Br. The molecule has 0 aliphatic carbocycles. The van der Waals surface area contributed by atoms with Gasteiger partial charge in [0, 0.05) is 6.54 Å². The van der Waals surface area contributed by atoms with Gasteiger partial charge in [-0.2, -0.15) is 4.98 Å². The number of piperidine rings is 1. The highest BCUT2D eigenvalue weighted by Gasteiger charge is 2.21. The molecule has 6 heteroatoms. The van der Waals surface area contributed by atoms with E-state index in [0.717, 1.165) is 13.0 Å². The number of alkyl halides is 1. The molecule has 1 aliphatic heterocycles. The Morgan fingerprint density at radius 2 is 2.44 bits per heavy atom. The molecule has 1 saturated heterocycles. The van der Waals surface area contributed by atoms with Crippen LogP contribution in [0.3, 0.4) is 0 Å². The van der Waals surface area contributed by atoms with E-state index in [1.54, 1.807) is 13.3 Å². The summed E-state index contributed by atoms with van der Waals surface area (Å²) in [6, 6.07) is 0. The Labute approximate surface area is 102 Å². The van der Waals surface area contributed by atoms with Crippen LogP contribution in [-0.4, -0.2) is 36.3 Å². The van der Waals surface area contributed by atoms with Gasteiger partial charge in [0.05, 0.1) is 24.3 Å². The molecular weight excluding hydrogens is 277 g/mol. The number of hydrogen-bond acceptors (Lipinski definition) is 4. The van der Waals surface area contributed by atoms with Gasteiger partial charge in [-0.25, -0.2) is 9.37 Å². The van der Waals surface area contributed by atoms with Crippen LogP contribution in [0.25, 0.3) is 0 Å². The number of anilines is 1. The Balaban J connectivity index is 2.19. The number of aromatic nitrogens is 2. The second-order valence-electron chi connectivity index (χ2n) is 3.71. The standard InChI is InChI=1S/C10H13BrFN3O/c1-16-9-8(11)5-13-10(14-9)15-4-2-3-7(12)6-15/h5,7H,2-4,6H2,1H3. The Hall–Kier alpha value is -0.910. The fourth-order valence-corrected chi connectivity index (χ4v) is 2.10. The molecule has 1 atom stereocenters. The first-order valence-corrected chi connectivity index (χ1v) is 5.95. The lowest BCUT2D eigenvalue weighted by atomic mass is 10.1. The molecule has 1 aromatic rings. The molecule has 1 fully saturated rings.